The van der Waals surface area contributed by atoms with Crippen molar-refractivity contribution in [3.05, 3.63) is 75.8 Å². The lowest BCUT2D eigenvalue weighted by molar-refractivity contribution is -0.123. The number of rotatable bonds is 5. The minimum absolute atomic E-state index is 0.0871. The molecule has 0 bridgehead atoms. The van der Waals surface area contributed by atoms with E-state index in [1.54, 1.807) is 6.21 Å². The first-order valence-corrected chi connectivity index (χ1v) is 9.03. The molecule has 26 heavy (non-hydrogen) atoms. The van der Waals surface area contributed by atoms with Crippen molar-refractivity contribution in [2.45, 2.75) is 13.8 Å². The summed E-state index contributed by atoms with van der Waals surface area (Å²) in [6, 6.07) is 17.9. The third kappa shape index (κ3) is 4.29. The average Bonchev–Trinajstić information content (AvgIpc) is 2.61. The van der Waals surface area contributed by atoms with Crippen molar-refractivity contribution in [2.75, 3.05) is 6.61 Å². The van der Waals surface area contributed by atoms with Crippen LogP contribution in [0.4, 0.5) is 0 Å². The van der Waals surface area contributed by atoms with Gasteiger partial charge in [-0.2, -0.15) is 5.10 Å². The predicted molar refractivity (Wildman–Crippen MR) is 109 cm³/mol. The molecule has 3 aromatic carbocycles. The van der Waals surface area contributed by atoms with Gasteiger partial charge in [-0.3, -0.25) is 4.79 Å². The minimum Gasteiger partial charge on any atom is -0.483 e. The molecule has 1 N–H and O–H groups in total. The predicted octanol–water partition coefficient (Wildman–Crippen LogP) is 4.75. The summed E-state index contributed by atoms with van der Waals surface area (Å²) in [6.45, 7) is 3.81. The zero-order valence-electron chi connectivity index (χ0n) is 14.6. The van der Waals surface area contributed by atoms with E-state index < -0.39 is 0 Å². The van der Waals surface area contributed by atoms with E-state index in [0.29, 0.717) is 0 Å². The van der Waals surface area contributed by atoms with E-state index in [1.807, 2.05) is 68.4 Å². The van der Waals surface area contributed by atoms with Crippen LogP contribution < -0.4 is 10.2 Å². The van der Waals surface area contributed by atoms with Crippen LogP contribution in [0.1, 0.15) is 16.7 Å². The molecule has 0 unspecified atom stereocenters. The van der Waals surface area contributed by atoms with Gasteiger partial charge in [-0.05, 0) is 47.9 Å². The Kier molecular flexibility index (Phi) is 5.68. The number of fused-ring (bicyclic) bond motifs is 1. The van der Waals surface area contributed by atoms with Crippen LogP contribution >= 0.6 is 15.9 Å². The molecule has 0 saturated heterocycles. The molecule has 5 heteroatoms. The molecule has 0 spiro atoms. The van der Waals surface area contributed by atoms with Gasteiger partial charge >= 0.3 is 0 Å². The number of benzene rings is 3. The Morgan fingerprint density at radius 1 is 1.12 bits per heavy atom. The topological polar surface area (TPSA) is 50.7 Å². The Labute approximate surface area is 161 Å². The van der Waals surface area contributed by atoms with Gasteiger partial charge in [-0.25, -0.2) is 5.43 Å². The van der Waals surface area contributed by atoms with Crippen molar-refractivity contribution in [2.24, 2.45) is 5.10 Å². The van der Waals surface area contributed by atoms with E-state index in [-0.39, 0.29) is 12.5 Å². The second kappa shape index (κ2) is 8.15. The van der Waals surface area contributed by atoms with Gasteiger partial charge in [0.05, 0.1) is 6.21 Å². The van der Waals surface area contributed by atoms with Crippen molar-refractivity contribution in [1.82, 2.24) is 5.43 Å². The van der Waals surface area contributed by atoms with Crippen molar-refractivity contribution >= 4 is 38.8 Å². The monoisotopic (exact) mass is 410 g/mol. The molecular weight excluding hydrogens is 392 g/mol. The van der Waals surface area contributed by atoms with E-state index in [4.69, 9.17) is 4.74 Å². The molecule has 0 aromatic heterocycles. The van der Waals surface area contributed by atoms with E-state index in [1.165, 1.54) is 0 Å². The third-order valence-corrected chi connectivity index (χ3v) is 4.45. The number of carbonyl (C=O) groups excluding carboxylic acids is 1. The number of carbonyl (C=O) groups is 1. The summed E-state index contributed by atoms with van der Waals surface area (Å²) in [5, 5.41) is 6.27. The number of amides is 1. The Morgan fingerprint density at radius 2 is 1.81 bits per heavy atom. The Balaban J connectivity index is 1.61. The van der Waals surface area contributed by atoms with Gasteiger partial charge in [0.1, 0.15) is 5.75 Å². The fourth-order valence-electron chi connectivity index (χ4n) is 2.83. The first-order chi connectivity index (χ1) is 12.5. The van der Waals surface area contributed by atoms with Crippen LogP contribution in [0.5, 0.6) is 5.75 Å². The SMILES string of the molecule is Cc1cc(Br)cc(C)c1OCC(=O)N/N=C/c1cccc2ccccc12. The highest BCUT2D eigenvalue weighted by atomic mass is 79.9. The van der Waals surface area contributed by atoms with Crippen molar-refractivity contribution in [1.29, 1.82) is 0 Å². The Hall–Kier alpha value is -2.66. The third-order valence-electron chi connectivity index (χ3n) is 3.99. The largest absolute Gasteiger partial charge is 0.483 e. The van der Waals surface area contributed by atoms with Crippen molar-refractivity contribution < 1.29 is 9.53 Å². The number of nitrogens with one attached hydrogen (secondary N) is 1. The minimum atomic E-state index is -0.303. The Bertz CT molecular complexity index is 954. The molecule has 0 atom stereocenters. The summed E-state index contributed by atoms with van der Waals surface area (Å²) >= 11 is 3.45. The number of hydrazone groups is 1. The molecule has 132 valence electrons. The van der Waals surface area contributed by atoms with E-state index in [9.17, 15) is 4.79 Å². The second-order valence-corrected chi connectivity index (χ2v) is 6.93. The molecule has 0 fully saturated rings. The molecule has 0 aliphatic carbocycles. The highest BCUT2D eigenvalue weighted by molar-refractivity contribution is 9.10. The zero-order valence-corrected chi connectivity index (χ0v) is 16.2. The van der Waals surface area contributed by atoms with Crippen LogP contribution in [0.25, 0.3) is 10.8 Å². The van der Waals surface area contributed by atoms with Crippen molar-refractivity contribution in [3.8, 4) is 5.75 Å². The van der Waals surface area contributed by atoms with Gasteiger partial charge in [0.15, 0.2) is 6.61 Å². The summed E-state index contributed by atoms with van der Waals surface area (Å²) in [4.78, 5) is 12.0. The zero-order chi connectivity index (χ0) is 18.5. The molecule has 1 amide bonds. The maximum absolute atomic E-state index is 12.0. The highest BCUT2D eigenvalue weighted by Crippen LogP contribution is 2.27. The summed E-state index contributed by atoms with van der Waals surface area (Å²) in [5.74, 6) is 0.421. The van der Waals surface area contributed by atoms with E-state index >= 15 is 0 Å². The van der Waals surface area contributed by atoms with Gasteiger partial charge in [0.2, 0.25) is 0 Å². The lowest BCUT2D eigenvalue weighted by atomic mass is 10.1. The molecule has 0 heterocycles. The van der Waals surface area contributed by atoms with Gasteiger partial charge < -0.3 is 4.74 Å². The quantitative estimate of drug-likeness (QED) is 0.487. The lowest BCUT2D eigenvalue weighted by Crippen LogP contribution is -2.25. The molecule has 0 radical (unpaired) electrons. The first-order valence-electron chi connectivity index (χ1n) is 8.24. The molecule has 0 saturated carbocycles. The molecular formula is C21H19BrN2O2. The number of aryl methyl sites for hydroxylation is 2. The van der Waals surface area contributed by atoms with Crippen LogP contribution in [0.2, 0.25) is 0 Å². The number of hydrogen-bond donors (Lipinski definition) is 1. The summed E-state index contributed by atoms with van der Waals surface area (Å²) in [5.41, 5.74) is 5.41. The average molecular weight is 411 g/mol. The lowest BCUT2D eigenvalue weighted by Gasteiger charge is -2.11. The Morgan fingerprint density at radius 3 is 2.58 bits per heavy atom. The van der Waals surface area contributed by atoms with Crippen LogP contribution in [-0.2, 0) is 4.79 Å². The van der Waals surface area contributed by atoms with Crippen LogP contribution in [0, 0.1) is 13.8 Å². The summed E-state index contributed by atoms with van der Waals surface area (Å²) in [7, 11) is 0. The normalized spacial score (nSPS) is 11.0. The van der Waals surface area contributed by atoms with E-state index in [0.717, 1.165) is 37.7 Å². The second-order valence-electron chi connectivity index (χ2n) is 6.02. The van der Waals surface area contributed by atoms with Crippen LogP contribution in [0.3, 0.4) is 0 Å². The molecule has 4 nitrogen and oxygen atoms in total. The van der Waals surface area contributed by atoms with Gasteiger partial charge in [0.25, 0.3) is 5.91 Å². The molecule has 3 rings (SSSR count). The standard InChI is InChI=1S/C21H19BrN2O2/c1-14-10-18(22)11-15(2)21(14)26-13-20(25)24-23-12-17-8-5-7-16-6-3-4-9-19(16)17/h3-12H,13H2,1-2H3,(H,24,25)/b23-12+. The number of nitrogens with zero attached hydrogens (tertiary/aromatic N) is 1. The maximum Gasteiger partial charge on any atom is 0.277 e. The highest BCUT2D eigenvalue weighted by Gasteiger charge is 2.08. The smallest absolute Gasteiger partial charge is 0.277 e. The fraction of sp³-hybridized carbons (Fsp3) is 0.143. The summed E-state index contributed by atoms with van der Waals surface area (Å²) < 4.78 is 6.64. The van der Waals surface area contributed by atoms with Crippen LogP contribution in [-0.4, -0.2) is 18.7 Å². The van der Waals surface area contributed by atoms with Gasteiger partial charge in [0, 0.05) is 10.0 Å². The number of halogens is 1. The van der Waals surface area contributed by atoms with Gasteiger partial charge in [-0.15, -0.1) is 0 Å². The summed E-state index contributed by atoms with van der Waals surface area (Å²) in [6.07, 6.45) is 1.65. The van der Waals surface area contributed by atoms with Gasteiger partial charge in [-0.1, -0.05) is 58.4 Å². The van der Waals surface area contributed by atoms with Crippen molar-refractivity contribution in [3.63, 3.8) is 0 Å². The molecule has 3 aromatic rings. The number of ether oxygens (including phenoxy) is 1. The molecule has 0 aliphatic rings. The van der Waals surface area contributed by atoms with Crippen LogP contribution in [0.15, 0.2) is 64.2 Å². The number of hydrogen-bond acceptors (Lipinski definition) is 3. The molecule has 0 aliphatic heterocycles. The fourth-order valence-corrected chi connectivity index (χ4v) is 3.52. The first kappa shape index (κ1) is 18.1. The van der Waals surface area contributed by atoms with E-state index in [2.05, 4.69) is 26.5 Å². The maximum atomic E-state index is 12.0.